The average molecular weight is 422 g/mol. The normalized spacial score (nSPS) is 13.2. The Morgan fingerprint density at radius 2 is 2.07 bits per heavy atom. The molecule has 0 saturated carbocycles. The van der Waals surface area contributed by atoms with Crippen LogP contribution in [0, 0.1) is 6.92 Å². The third-order valence-electron chi connectivity index (χ3n) is 3.90. The zero-order chi connectivity index (χ0) is 20.3. The molecule has 8 nitrogen and oxygen atoms in total. The minimum Gasteiger partial charge on any atom is -0.481 e. The van der Waals surface area contributed by atoms with Gasteiger partial charge in [-0.2, -0.15) is 0 Å². The standard InChI is InChI=1S/C18H20ClN5O3S/c1-10-9-15(23-27-10)20-17(25)12(3)28-18-22-21-16(24(18)4)11(2)26-14-8-6-5-7-13(14)19/h5-9,11-12H,1-4H3,(H,20,23,25). The minimum absolute atomic E-state index is 0.205. The number of rotatable bonds is 7. The van der Waals surface area contributed by atoms with E-state index in [1.807, 2.05) is 26.1 Å². The second-order valence-electron chi connectivity index (χ2n) is 6.16. The Labute approximate surface area is 171 Å². The van der Waals surface area contributed by atoms with Crippen molar-refractivity contribution in [1.82, 2.24) is 19.9 Å². The molecule has 1 amide bonds. The molecule has 0 radical (unpaired) electrons. The van der Waals surface area contributed by atoms with Gasteiger partial charge in [0.25, 0.3) is 0 Å². The van der Waals surface area contributed by atoms with Crippen LogP contribution in [-0.2, 0) is 11.8 Å². The van der Waals surface area contributed by atoms with E-state index in [4.69, 9.17) is 20.9 Å². The van der Waals surface area contributed by atoms with E-state index < -0.39 is 5.25 Å². The van der Waals surface area contributed by atoms with E-state index in [9.17, 15) is 4.79 Å². The summed E-state index contributed by atoms with van der Waals surface area (Å²) in [5.74, 6) is 2.01. The minimum atomic E-state index is -0.410. The number of carbonyl (C=O) groups excluding carboxylic acids is 1. The summed E-state index contributed by atoms with van der Waals surface area (Å²) in [5.41, 5.74) is 0. The average Bonchev–Trinajstić information content (AvgIpc) is 3.22. The molecule has 1 aromatic carbocycles. The predicted molar refractivity (Wildman–Crippen MR) is 107 cm³/mol. The van der Waals surface area contributed by atoms with E-state index in [1.54, 1.807) is 36.6 Å². The highest BCUT2D eigenvalue weighted by Gasteiger charge is 2.22. The molecule has 0 fully saturated rings. The van der Waals surface area contributed by atoms with Gasteiger partial charge in [0.05, 0.1) is 10.3 Å². The molecule has 0 spiro atoms. The Kier molecular flexibility index (Phi) is 6.25. The van der Waals surface area contributed by atoms with Gasteiger partial charge in [-0.25, -0.2) is 0 Å². The quantitative estimate of drug-likeness (QED) is 0.575. The molecule has 0 aliphatic heterocycles. The zero-order valence-corrected chi connectivity index (χ0v) is 17.4. The second-order valence-corrected chi connectivity index (χ2v) is 7.88. The van der Waals surface area contributed by atoms with E-state index in [2.05, 4.69) is 20.7 Å². The van der Waals surface area contributed by atoms with Gasteiger partial charge < -0.3 is 19.1 Å². The lowest BCUT2D eigenvalue weighted by Crippen LogP contribution is -2.23. The van der Waals surface area contributed by atoms with Gasteiger partial charge in [-0.1, -0.05) is 40.7 Å². The highest BCUT2D eigenvalue weighted by molar-refractivity contribution is 8.00. The maximum Gasteiger partial charge on any atom is 0.238 e. The fraction of sp³-hybridized carbons (Fsp3) is 0.333. The lowest BCUT2D eigenvalue weighted by atomic mass is 10.3. The van der Waals surface area contributed by atoms with E-state index in [0.29, 0.717) is 33.3 Å². The smallest absolute Gasteiger partial charge is 0.238 e. The zero-order valence-electron chi connectivity index (χ0n) is 15.8. The number of amides is 1. The summed E-state index contributed by atoms with van der Waals surface area (Å²) < 4.78 is 12.6. The van der Waals surface area contributed by atoms with Crippen molar-refractivity contribution in [2.24, 2.45) is 7.05 Å². The molecule has 2 unspecified atom stereocenters. The van der Waals surface area contributed by atoms with Crippen molar-refractivity contribution in [3.63, 3.8) is 0 Å². The first-order valence-electron chi connectivity index (χ1n) is 8.56. The molecule has 2 aromatic heterocycles. The van der Waals surface area contributed by atoms with Crippen molar-refractivity contribution in [2.75, 3.05) is 5.32 Å². The lowest BCUT2D eigenvalue weighted by molar-refractivity contribution is -0.115. The number of aryl methyl sites for hydroxylation is 1. The number of ether oxygens (including phenoxy) is 1. The van der Waals surface area contributed by atoms with Crippen molar-refractivity contribution < 1.29 is 14.1 Å². The van der Waals surface area contributed by atoms with Gasteiger partial charge in [-0.05, 0) is 32.9 Å². The topological polar surface area (TPSA) is 95.1 Å². The molecule has 0 bridgehead atoms. The van der Waals surface area contributed by atoms with Gasteiger partial charge in [0.1, 0.15) is 11.5 Å². The number of thioether (sulfide) groups is 1. The molecule has 2 atom stereocenters. The summed E-state index contributed by atoms with van der Waals surface area (Å²) in [7, 11) is 1.83. The van der Waals surface area contributed by atoms with Crippen molar-refractivity contribution in [3.8, 4) is 5.75 Å². The van der Waals surface area contributed by atoms with Crippen LogP contribution in [0.2, 0.25) is 5.02 Å². The fourth-order valence-corrected chi connectivity index (χ4v) is 3.43. The van der Waals surface area contributed by atoms with E-state index >= 15 is 0 Å². The summed E-state index contributed by atoms with van der Waals surface area (Å²) in [6.07, 6.45) is -0.367. The molecule has 3 rings (SSSR count). The third kappa shape index (κ3) is 4.66. The molecule has 1 N–H and O–H groups in total. The SMILES string of the molecule is Cc1cc(NC(=O)C(C)Sc2nnc(C(C)Oc3ccccc3Cl)n2C)no1. The third-order valence-corrected chi connectivity index (χ3v) is 5.35. The first kappa shape index (κ1) is 20.2. The van der Waals surface area contributed by atoms with Crippen LogP contribution in [0.15, 0.2) is 40.0 Å². The first-order valence-corrected chi connectivity index (χ1v) is 9.82. The number of para-hydroxylation sites is 1. The van der Waals surface area contributed by atoms with E-state index in [0.717, 1.165) is 0 Å². The number of benzene rings is 1. The number of halogens is 1. The molecule has 28 heavy (non-hydrogen) atoms. The Balaban J connectivity index is 1.65. The van der Waals surface area contributed by atoms with Crippen molar-refractivity contribution >= 4 is 35.1 Å². The van der Waals surface area contributed by atoms with Crippen LogP contribution >= 0.6 is 23.4 Å². The molecular weight excluding hydrogens is 402 g/mol. The maximum absolute atomic E-state index is 12.3. The Morgan fingerprint density at radius 1 is 1.32 bits per heavy atom. The van der Waals surface area contributed by atoms with Crippen LogP contribution in [-0.4, -0.2) is 31.1 Å². The van der Waals surface area contributed by atoms with Crippen LogP contribution < -0.4 is 10.1 Å². The number of aromatic nitrogens is 4. The van der Waals surface area contributed by atoms with Gasteiger partial charge in [0.2, 0.25) is 5.91 Å². The number of nitrogens with one attached hydrogen (secondary N) is 1. The van der Waals surface area contributed by atoms with Crippen molar-refractivity contribution in [2.45, 2.75) is 37.3 Å². The molecular formula is C18H20ClN5O3S. The largest absolute Gasteiger partial charge is 0.481 e. The van der Waals surface area contributed by atoms with Crippen LogP contribution in [0.25, 0.3) is 0 Å². The van der Waals surface area contributed by atoms with Crippen molar-refractivity contribution in [3.05, 3.63) is 46.9 Å². The summed E-state index contributed by atoms with van der Waals surface area (Å²) in [5, 5.41) is 15.6. The monoisotopic (exact) mass is 421 g/mol. The van der Waals surface area contributed by atoms with Gasteiger partial charge in [-0.15, -0.1) is 10.2 Å². The first-order chi connectivity index (χ1) is 13.3. The number of carbonyl (C=O) groups is 1. The number of anilines is 1. The lowest BCUT2D eigenvalue weighted by Gasteiger charge is -2.15. The molecule has 3 aromatic rings. The number of hydrogen-bond acceptors (Lipinski definition) is 7. The van der Waals surface area contributed by atoms with Crippen LogP contribution in [0.4, 0.5) is 5.82 Å². The van der Waals surface area contributed by atoms with Crippen LogP contribution in [0.1, 0.15) is 31.5 Å². The molecule has 0 aliphatic carbocycles. The van der Waals surface area contributed by atoms with Crippen LogP contribution in [0.3, 0.4) is 0 Å². The summed E-state index contributed by atoms with van der Waals surface area (Å²) in [6.45, 7) is 5.41. The Bertz CT molecular complexity index is 974. The summed E-state index contributed by atoms with van der Waals surface area (Å²) in [4.78, 5) is 12.3. The molecule has 148 valence electrons. The van der Waals surface area contributed by atoms with Gasteiger partial charge in [-0.3, -0.25) is 4.79 Å². The highest BCUT2D eigenvalue weighted by Crippen LogP contribution is 2.29. The van der Waals surface area contributed by atoms with E-state index in [-0.39, 0.29) is 12.0 Å². The summed E-state index contributed by atoms with van der Waals surface area (Å²) in [6, 6.07) is 8.90. The van der Waals surface area contributed by atoms with Gasteiger partial charge in [0.15, 0.2) is 22.9 Å². The molecule has 10 heteroatoms. The fourth-order valence-electron chi connectivity index (χ4n) is 2.43. The number of nitrogens with zero attached hydrogens (tertiary/aromatic N) is 4. The molecule has 0 saturated heterocycles. The second kappa shape index (κ2) is 8.66. The van der Waals surface area contributed by atoms with E-state index in [1.165, 1.54) is 11.8 Å². The van der Waals surface area contributed by atoms with Crippen molar-refractivity contribution in [1.29, 1.82) is 0 Å². The predicted octanol–water partition coefficient (Wildman–Crippen LogP) is 4.02. The summed E-state index contributed by atoms with van der Waals surface area (Å²) >= 11 is 7.43. The van der Waals surface area contributed by atoms with Gasteiger partial charge in [0, 0.05) is 13.1 Å². The van der Waals surface area contributed by atoms with Crippen LogP contribution in [0.5, 0.6) is 5.75 Å². The maximum atomic E-state index is 12.3. The Hall–Kier alpha value is -2.52. The molecule has 2 heterocycles. The molecule has 0 aliphatic rings. The highest BCUT2D eigenvalue weighted by atomic mass is 35.5. The Morgan fingerprint density at radius 3 is 2.75 bits per heavy atom. The number of hydrogen-bond donors (Lipinski definition) is 1. The van der Waals surface area contributed by atoms with Gasteiger partial charge >= 0.3 is 0 Å².